The van der Waals surface area contributed by atoms with Gasteiger partial charge in [-0.25, -0.2) is 8.78 Å². The fourth-order valence-corrected chi connectivity index (χ4v) is 4.66. The SMILES string of the molecule is Cc1c(COc2cc(OCc3cc(F)cc(F)c3)c(C=O)cc2Cl)cccc1-c1cccc(OCCCCl)c1C. The first-order chi connectivity index (χ1) is 19.3. The summed E-state index contributed by atoms with van der Waals surface area (Å²) in [4.78, 5) is 11.6. The molecular formula is C32H28Cl2F2O4. The third-order valence-electron chi connectivity index (χ3n) is 6.45. The second kappa shape index (κ2) is 13.6. The van der Waals surface area contributed by atoms with Crippen molar-refractivity contribution in [2.24, 2.45) is 0 Å². The Morgan fingerprint density at radius 3 is 2.15 bits per heavy atom. The maximum absolute atomic E-state index is 13.6. The largest absolute Gasteiger partial charge is 0.493 e. The zero-order chi connectivity index (χ0) is 28.6. The lowest BCUT2D eigenvalue weighted by molar-refractivity contribution is 0.111. The van der Waals surface area contributed by atoms with Gasteiger partial charge < -0.3 is 14.2 Å². The van der Waals surface area contributed by atoms with Crippen molar-refractivity contribution in [1.82, 2.24) is 0 Å². The van der Waals surface area contributed by atoms with E-state index in [1.807, 2.05) is 38.1 Å². The summed E-state index contributed by atoms with van der Waals surface area (Å²) in [6, 6.07) is 18.0. The Labute approximate surface area is 242 Å². The number of rotatable bonds is 12. The Bertz CT molecular complexity index is 1490. The van der Waals surface area contributed by atoms with E-state index in [1.54, 1.807) is 0 Å². The number of carbonyl (C=O) groups excluding carboxylic acids is 1. The molecule has 0 N–H and O–H groups in total. The average Bonchev–Trinajstić information content (AvgIpc) is 2.93. The summed E-state index contributed by atoms with van der Waals surface area (Å²) in [5.74, 6) is 0.428. The molecule has 0 aliphatic carbocycles. The number of ether oxygens (including phenoxy) is 3. The van der Waals surface area contributed by atoms with Crippen LogP contribution >= 0.6 is 23.2 Å². The summed E-state index contributed by atoms with van der Waals surface area (Å²) in [6.45, 7) is 4.67. The fourth-order valence-electron chi connectivity index (χ4n) is 4.32. The fraction of sp³-hybridized carbons (Fsp3) is 0.219. The van der Waals surface area contributed by atoms with E-state index in [9.17, 15) is 13.6 Å². The normalized spacial score (nSPS) is 10.8. The Morgan fingerprint density at radius 1 is 0.775 bits per heavy atom. The first-order valence-corrected chi connectivity index (χ1v) is 13.6. The smallest absolute Gasteiger partial charge is 0.153 e. The van der Waals surface area contributed by atoms with E-state index in [1.165, 1.54) is 12.1 Å². The standard InChI is InChI=1S/C32H28Cl2F2O4/c1-20-23(6-3-7-27(20)28-8-4-9-30(21(28)2)38-11-5-10-33)19-40-32-16-31(24(17-37)14-29(32)34)39-18-22-12-25(35)15-26(36)13-22/h3-4,6-9,12-17H,5,10-11,18-19H2,1-2H3. The van der Waals surface area contributed by atoms with Gasteiger partial charge in [-0.3, -0.25) is 4.79 Å². The van der Waals surface area contributed by atoms with Crippen LogP contribution in [0.1, 0.15) is 39.0 Å². The predicted molar refractivity (Wildman–Crippen MR) is 154 cm³/mol. The number of carbonyl (C=O) groups is 1. The molecule has 4 nitrogen and oxygen atoms in total. The van der Waals surface area contributed by atoms with Crippen molar-refractivity contribution in [2.75, 3.05) is 12.5 Å². The molecule has 0 radical (unpaired) electrons. The average molecular weight is 585 g/mol. The van der Waals surface area contributed by atoms with Crippen LogP contribution in [0.3, 0.4) is 0 Å². The number of benzene rings is 4. The van der Waals surface area contributed by atoms with E-state index in [4.69, 9.17) is 37.4 Å². The Hall–Kier alpha value is -3.61. The van der Waals surface area contributed by atoms with Crippen LogP contribution in [0.2, 0.25) is 5.02 Å². The Balaban J connectivity index is 1.54. The maximum atomic E-state index is 13.6. The van der Waals surface area contributed by atoms with Crippen molar-refractivity contribution in [2.45, 2.75) is 33.5 Å². The van der Waals surface area contributed by atoms with Crippen LogP contribution in [0.25, 0.3) is 11.1 Å². The van der Waals surface area contributed by atoms with Gasteiger partial charge in [-0.2, -0.15) is 0 Å². The highest BCUT2D eigenvalue weighted by Crippen LogP contribution is 2.36. The van der Waals surface area contributed by atoms with Crippen LogP contribution in [0.4, 0.5) is 8.78 Å². The van der Waals surface area contributed by atoms with Gasteiger partial charge in [-0.05, 0) is 77.9 Å². The molecule has 8 heteroatoms. The highest BCUT2D eigenvalue weighted by Gasteiger charge is 2.15. The molecule has 4 aromatic rings. The summed E-state index contributed by atoms with van der Waals surface area (Å²) in [6.07, 6.45) is 1.37. The molecule has 0 aliphatic rings. The highest BCUT2D eigenvalue weighted by atomic mass is 35.5. The molecule has 4 rings (SSSR count). The summed E-state index contributed by atoms with van der Waals surface area (Å²) < 4.78 is 44.8. The van der Waals surface area contributed by atoms with E-state index in [-0.39, 0.29) is 35.1 Å². The van der Waals surface area contributed by atoms with Crippen LogP contribution in [-0.2, 0) is 13.2 Å². The zero-order valence-electron chi connectivity index (χ0n) is 22.1. The highest BCUT2D eigenvalue weighted by molar-refractivity contribution is 6.32. The topological polar surface area (TPSA) is 44.8 Å². The number of hydrogen-bond acceptors (Lipinski definition) is 4. The number of halogens is 4. The number of hydrogen-bond donors (Lipinski definition) is 0. The molecule has 0 aliphatic heterocycles. The van der Waals surface area contributed by atoms with Crippen LogP contribution in [0.5, 0.6) is 17.2 Å². The van der Waals surface area contributed by atoms with Gasteiger partial charge in [0.05, 0.1) is 17.2 Å². The van der Waals surface area contributed by atoms with Crippen LogP contribution in [0, 0.1) is 25.5 Å². The molecule has 0 atom stereocenters. The van der Waals surface area contributed by atoms with Gasteiger partial charge in [0.15, 0.2) is 6.29 Å². The van der Waals surface area contributed by atoms with E-state index in [2.05, 4.69) is 12.1 Å². The molecule has 0 unspecified atom stereocenters. The second-order valence-electron chi connectivity index (χ2n) is 9.20. The maximum Gasteiger partial charge on any atom is 0.153 e. The number of alkyl halides is 1. The molecule has 40 heavy (non-hydrogen) atoms. The molecule has 0 bridgehead atoms. The monoisotopic (exact) mass is 584 g/mol. The Kier molecular flexibility index (Phi) is 10.0. The van der Waals surface area contributed by atoms with Gasteiger partial charge in [0.25, 0.3) is 0 Å². The van der Waals surface area contributed by atoms with Crippen molar-refractivity contribution >= 4 is 29.5 Å². The lowest BCUT2D eigenvalue weighted by Gasteiger charge is -2.17. The molecule has 0 saturated heterocycles. The van der Waals surface area contributed by atoms with E-state index in [0.29, 0.717) is 24.5 Å². The van der Waals surface area contributed by atoms with Crippen molar-refractivity contribution < 1.29 is 27.8 Å². The molecule has 208 valence electrons. The van der Waals surface area contributed by atoms with Crippen LogP contribution in [0.15, 0.2) is 66.7 Å². The molecule has 0 fully saturated rings. The van der Waals surface area contributed by atoms with Crippen molar-refractivity contribution in [3.63, 3.8) is 0 Å². The molecule has 0 spiro atoms. The summed E-state index contributed by atoms with van der Waals surface area (Å²) >= 11 is 12.2. The lowest BCUT2D eigenvalue weighted by atomic mass is 9.93. The van der Waals surface area contributed by atoms with E-state index in [0.717, 1.165) is 58.2 Å². The van der Waals surface area contributed by atoms with Crippen molar-refractivity contribution in [3.05, 3.63) is 111 Å². The first-order valence-electron chi connectivity index (χ1n) is 12.7. The second-order valence-corrected chi connectivity index (χ2v) is 9.99. The van der Waals surface area contributed by atoms with E-state index < -0.39 is 11.6 Å². The van der Waals surface area contributed by atoms with Gasteiger partial charge in [0, 0.05) is 18.0 Å². The van der Waals surface area contributed by atoms with Crippen LogP contribution < -0.4 is 14.2 Å². The molecule has 0 saturated carbocycles. The summed E-state index contributed by atoms with van der Waals surface area (Å²) in [7, 11) is 0. The Morgan fingerprint density at radius 2 is 1.45 bits per heavy atom. The van der Waals surface area contributed by atoms with Gasteiger partial charge in [0.1, 0.15) is 42.1 Å². The molecule has 0 heterocycles. The lowest BCUT2D eigenvalue weighted by Crippen LogP contribution is -2.03. The molecule has 4 aromatic carbocycles. The van der Waals surface area contributed by atoms with Gasteiger partial charge >= 0.3 is 0 Å². The van der Waals surface area contributed by atoms with Gasteiger partial charge in [-0.15, -0.1) is 11.6 Å². The quantitative estimate of drug-likeness (QED) is 0.0947. The van der Waals surface area contributed by atoms with E-state index >= 15 is 0 Å². The summed E-state index contributed by atoms with van der Waals surface area (Å²) in [5, 5.41) is 0.234. The minimum Gasteiger partial charge on any atom is -0.493 e. The van der Waals surface area contributed by atoms with Crippen LogP contribution in [-0.4, -0.2) is 18.8 Å². The first kappa shape index (κ1) is 29.4. The molecule has 0 amide bonds. The third kappa shape index (κ3) is 7.12. The third-order valence-corrected chi connectivity index (χ3v) is 7.01. The summed E-state index contributed by atoms with van der Waals surface area (Å²) in [5.41, 5.74) is 5.59. The minimum atomic E-state index is -0.715. The molecule has 0 aromatic heterocycles. The number of aldehydes is 1. The predicted octanol–water partition coefficient (Wildman–Crippen LogP) is 8.88. The molecular weight excluding hydrogens is 557 g/mol. The minimum absolute atomic E-state index is 0.147. The zero-order valence-corrected chi connectivity index (χ0v) is 23.6. The van der Waals surface area contributed by atoms with Crippen molar-refractivity contribution in [1.29, 1.82) is 0 Å². The van der Waals surface area contributed by atoms with Crippen molar-refractivity contribution in [3.8, 4) is 28.4 Å². The van der Waals surface area contributed by atoms with Gasteiger partial charge in [-0.1, -0.05) is 41.9 Å². The van der Waals surface area contributed by atoms with Gasteiger partial charge in [0.2, 0.25) is 0 Å².